The Morgan fingerprint density at radius 2 is 1.43 bits per heavy atom. The second-order valence-electron chi connectivity index (χ2n) is 6.17. The van der Waals surface area contributed by atoms with Gasteiger partial charge in [0.25, 0.3) is 0 Å². The molecular weight excluding hydrogens is 365 g/mol. The van der Waals surface area contributed by atoms with E-state index in [1.807, 2.05) is 42.5 Å². The third-order valence-corrected chi connectivity index (χ3v) is 4.03. The molecule has 5 heteroatoms. The lowest BCUT2D eigenvalue weighted by molar-refractivity contribution is -0.274. The lowest BCUT2D eigenvalue weighted by Gasteiger charge is -2.08. The van der Waals surface area contributed by atoms with Gasteiger partial charge in [-0.2, -0.15) is 0 Å². The Kier molecular flexibility index (Phi) is 5.94. The molecule has 0 saturated carbocycles. The van der Waals surface area contributed by atoms with Gasteiger partial charge in [0.2, 0.25) is 0 Å². The third-order valence-electron chi connectivity index (χ3n) is 4.03. The van der Waals surface area contributed by atoms with Crippen molar-refractivity contribution in [2.24, 2.45) is 0 Å². The molecule has 0 radical (unpaired) electrons. The van der Waals surface area contributed by atoms with E-state index >= 15 is 0 Å². The van der Waals surface area contributed by atoms with Crippen molar-refractivity contribution in [2.45, 2.75) is 12.8 Å². The van der Waals surface area contributed by atoms with E-state index in [9.17, 15) is 18.0 Å². The lowest BCUT2D eigenvalue weighted by atomic mass is 10.0. The van der Waals surface area contributed by atoms with Gasteiger partial charge in [0.05, 0.1) is 0 Å². The number of hydrogen-bond acceptors (Lipinski definition) is 2. The van der Waals surface area contributed by atoms with Crippen LogP contribution in [0.2, 0.25) is 0 Å². The van der Waals surface area contributed by atoms with Gasteiger partial charge >= 0.3 is 6.36 Å². The average molecular weight is 382 g/mol. The van der Waals surface area contributed by atoms with Gasteiger partial charge in [-0.25, -0.2) is 0 Å². The Labute approximate surface area is 160 Å². The van der Waals surface area contributed by atoms with Crippen LogP contribution in [0.1, 0.15) is 27.0 Å². The molecule has 0 fully saturated rings. The molecular formula is C23H17F3O2. The van der Waals surface area contributed by atoms with E-state index in [0.717, 1.165) is 29.7 Å². The van der Waals surface area contributed by atoms with Gasteiger partial charge in [-0.15, -0.1) is 13.2 Å². The van der Waals surface area contributed by atoms with Gasteiger partial charge in [0, 0.05) is 5.56 Å². The first-order chi connectivity index (χ1) is 13.4. The maximum absolute atomic E-state index is 12.2. The number of hydrogen-bond donors (Lipinski definition) is 0. The Balaban J connectivity index is 1.60. The standard InChI is InChI=1S/C23H17F3O2/c24-23(25,26)28-21-13-11-20(12-14-21)22(27)15-10-17-6-8-19(9-7-17)16-18-4-2-1-3-5-18/h1-15H,16H2. The Morgan fingerprint density at radius 3 is 2.04 bits per heavy atom. The summed E-state index contributed by atoms with van der Waals surface area (Å²) in [7, 11) is 0. The van der Waals surface area contributed by atoms with Crippen LogP contribution in [0, 0.1) is 0 Å². The van der Waals surface area contributed by atoms with Crippen LogP contribution in [-0.4, -0.2) is 12.1 Å². The fraction of sp³-hybridized carbons (Fsp3) is 0.0870. The predicted octanol–water partition coefficient (Wildman–Crippen LogP) is 6.07. The minimum Gasteiger partial charge on any atom is -0.406 e. The zero-order chi connectivity index (χ0) is 20.0. The second-order valence-corrected chi connectivity index (χ2v) is 6.17. The SMILES string of the molecule is O=C(C=Cc1ccc(Cc2ccccc2)cc1)c1ccc(OC(F)(F)F)cc1. The molecule has 0 saturated heterocycles. The molecule has 3 rings (SSSR count). The van der Waals surface area contributed by atoms with Crippen LogP contribution in [0.3, 0.4) is 0 Å². The first-order valence-corrected chi connectivity index (χ1v) is 8.60. The molecule has 3 aromatic carbocycles. The van der Waals surface area contributed by atoms with Crippen LogP contribution >= 0.6 is 0 Å². The van der Waals surface area contributed by atoms with E-state index in [4.69, 9.17) is 0 Å². The number of allylic oxidation sites excluding steroid dienone is 1. The van der Waals surface area contributed by atoms with E-state index in [-0.39, 0.29) is 17.1 Å². The van der Waals surface area contributed by atoms with Crippen molar-refractivity contribution in [2.75, 3.05) is 0 Å². The molecule has 0 bridgehead atoms. The number of ketones is 1. The van der Waals surface area contributed by atoms with Gasteiger partial charge < -0.3 is 4.74 Å². The van der Waals surface area contributed by atoms with Crippen molar-refractivity contribution in [3.05, 3.63) is 107 Å². The van der Waals surface area contributed by atoms with Crippen LogP contribution in [0.25, 0.3) is 6.08 Å². The van der Waals surface area contributed by atoms with Crippen molar-refractivity contribution in [1.29, 1.82) is 0 Å². The zero-order valence-electron chi connectivity index (χ0n) is 14.8. The molecule has 0 spiro atoms. The normalized spacial score (nSPS) is 11.5. The third kappa shape index (κ3) is 5.84. The summed E-state index contributed by atoms with van der Waals surface area (Å²) in [6.45, 7) is 0. The molecule has 0 aliphatic rings. The highest BCUT2D eigenvalue weighted by molar-refractivity contribution is 6.06. The van der Waals surface area contributed by atoms with E-state index in [1.165, 1.54) is 23.8 Å². The minimum absolute atomic E-state index is 0.284. The molecule has 0 aromatic heterocycles. The van der Waals surface area contributed by atoms with E-state index < -0.39 is 6.36 Å². The average Bonchev–Trinajstić information content (AvgIpc) is 2.67. The number of alkyl halides is 3. The second kappa shape index (κ2) is 8.57. The Hall–Kier alpha value is -3.34. The lowest BCUT2D eigenvalue weighted by Crippen LogP contribution is -2.17. The highest BCUT2D eigenvalue weighted by Crippen LogP contribution is 2.23. The summed E-state index contributed by atoms with van der Waals surface area (Å²) < 4.78 is 40.3. The van der Waals surface area contributed by atoms with Crippen molar-refractivity contribution in [1.82, 2.24) is 0 Å². The number of ether oxygens (including phenoxy) is 1. The molecule has 28 heavy (non-hydrogen) atoms. The molecule has 142 valence electrons. The van der Waals surface area contributed by atoms with Crippen LogP contribution < -0.4 is 4.74 Å². The topological polar surface area (TPSA) is 26.3 Å². The molecule has 0 heterocycles. The fourth-order valence-electron chi connectivity index (χ4n) is 2.67. The van der Waals surface area contributed by atoms with Crippen molar-refractivity contribution in [3.63, 3.8) is 0 Å². The summed E-state index contributed by atoms with van der Waals surface area (Å²) in [4.78, 5) is 12.2. The van der Waals surface area contributed by atoms with E-state index in [2.05, 4.69) is 16.9 Å². The summed E-state index contributed by atoms with van der Waals surface area (Å²) in [5, 5.41) is 0. The molecule has 2 nitrogen and oxygen atoms in total. The summed E-state index contributed by atoms with van der Waals surface area (Å²) in [5.74, 6) is -0.658. The van der Waals surface area contributed by atoms with Crippen LogP contribution in [0.4, 0.5) is 13.2 Å². The van der Waals surface area contributed by atoms with Crippen molar-refractivity contribution < 1.29 is 22.7 Å². The summed E-state index contributed by atoms with van der Waals surface area (Å²) in [6, 6.07) is 22.8. The smallest absolute Gasteiger partial charge is 0.406 e. The summed E-state index contributed by atoms with van der Waals surface area (Å²) in [6.07, 6.45) is -0.852. The molecule has 0 aliphatic heterocycles. The number of carbonyl (C=O) groups is 1. The minimum atomic E-state index is -4.75. The van der Waals surface area contributed by atoms with Crippen LogP contribution in [0.15, 0.2) is 84.9 Å². The quantitative estimate of drug-likeness (QED) is 0.382. The van der Waals surface area contributed by atoms with E-state index in [1.54, 1.807) is 6.08 Å². The molecule has 3 aromatic rings. The van der Waals surface area contributed by atoms with E-state index in [0.29, 0.717) is 0 Å². The highest BCUT2D eigenvalue weighted by Gasteiger charge is 2.30. The number of carbonyl (C=O) groups excluding carboxylic acids is 1. The summed E-state index contributed by atoms with van der Waals surface area (Å²) >= 11 is 0. The summed E-state index contributed by atoms with van der Waals surface area (Å²) in [5.41, 5.74) is 3.53. The van der Waals surface area contributed by atoms with Gasteiger partial charge in [0.15, 0.2) is 5.78 Å². The molecule has 0 atom stereocenters. The van der Waals surface area contributed by atoms with Crippen molar-refractivity contribution in [3.8, 4) is 5.75 Å². The number of benzene rings is 3. The fourth-order valence-corrected chi connectivity index (χ4v) is 2.67. The molecule has 0 aliphatic carbocycles. The molecule has 0 amide bonds. The Bertz CT molecular complexity index is 942. The van der Waals surface area contributed by atoms with Gasteiger partial charge in [0.1, 0.15) is 5.75 Å². The van der Waals surface area contributed by atoms with Gasteiger partial charge in [-0.3, -0.25) is 4.79 Å². The number of rotatable bonds is 6. The highest BCUT2D eigenvalue weighted by atomic mass is 19.4. The van der Waals surface area contributed by atoms with Gasteiger partial charge in [-0.05, 0) is 53.5 Å². The Morgan fingerprint density at radius 1 is 0.821 bits per heavy atom. The first kappa shape index (κ1) is 19.4. The van der Waals surface area contributed by atoms with Crippen LogP contribution in [-0.2, 0) is 6.42 Å². The van der Waals surface area contributed by atoms with Crippen LogP contribution in [0.5, 0.6) is 5.75 Å². The largest absolute Gasteiger partial charge is 0.573 e. The number of halogens is 3. The molecule has 0 N–H and O–H groups in total. The molecule has 0 unspecified atom stereocenters. The van der Waals surface area contributed by atoms with Gasteiger partial charge in [-0.1, -0.05) is 60.7 Å². The van der Waals surface area contributed by atoms with Crippen molar-refractivity contribution >= 4 is 11.9 Å². The maximum atomic E-state index is 12.2. The first-order valence-electron chi connectivity index (χ1n) is 8.60. The zero-order valence-corrected chi connectivity index (χ0v) is 14.8. The maximum Gasteiger partial charge on any atom is 0.573 e. The predicted molar refractivity (Wildman–Crippen MR) is 102 cm³/mol. The monoisotopic (exact) mass is 382 g/mol.